The molecule has 1 unspecified atom stereocenters. The van der Waals surface area contributed by atoms with Crippen LogP contribution in [0.4, 0.5) is 0 Å². The number of hydrogen-bond donors (Lipinski definition) is 1. The molecule has 1 atom stereocenters. The lowest BCUT2D eigenvalue weighted by Crippen LogP contribution is -2.39. The maximum atomic E-state index is 11.6. The van der Waals surface area contributed by atoms with E-state index in [9.17, 15) is 8.42 Å². The first-order chi connectivity index (χ1) is 5.59. The van der Waals surface area contributed by atoms with Crippen LogP contribution in [0.25, 0.3) is 0 Å². The molecule has 0 aromatic carbocycles. The Hall–Kier alpha value is -0.130. The molecule has 0 aromatic rings. The van der Waals surface area contributed by atoms with Gasteiger partial charge in [0.2, 0.25) is 10.0 Å². The topological polar surface area (TPSA) is 63.4 Å². The van der Waals surface area contributed by atoms with Crippen LogP contribution < -0.4 is 5.73 Å². The minimum absolute atomic E-state index is 0.207. The van der Waals surface area contributed by atoms with Gasteiger partial charge in [0.05, 0.1) is 5.25 Å². The molecule has 12 heavy (non-hydrogen) atoms. The van der Waals surface area contributed by atoms with Crippen molar-refractivity contribution in [2.75, 3.05) is 19.6 Å². The fourth-order valence-electron chi connectivity index (χ4n) is 1.32. The fourth-order valence-corrected chi connectivity index (χ4v) is 2.84. The molecule has 1 saturated heterocycles. The largest absolute Gasteiger partial charge is 0.329 e. The summed E-state index contributed by atoms with van der Waals surface area (Å²) in [5, 5.41) is -0.435. The van der Waals surface area contributed by atoms with Crippen molar-refractivity contribution in [2.45, 2.75) is 25.0 Å². The quantitative estimate of drug-likeness (QED) is 0.671. The Bertz CT molecular complexity index is 232. The number of hydrogen-bond acceptors (Lipinski definition) is 3. The van der Waals surface area contributed by atoms with E-state index in [-0.39, 0.29) is 6.54 Å². The van der Waals surface area contributed by atoms with Crippen LogP contribution in [0.1, 0.15) is 19.8 Å². The summed E-state index contributed by atoms with van der Waals surface area (Å²) in [6, 6.07) is 0. The SMILES string of the molecule is CC(CN)S(=O)(=O)N1CCCC1. The van der Waals surface area contributed by atoms with E-state index >= 15 is 0 Å². The van der Waals surface area contributed by atoms with Gasteiger partial charge in [-0.05, 0) is 19.8 Å². The summed E-state index contributed by atoms with van der Waals surface area (Å²) in [6.07, 6.45) is 1.97. The molecule has 4 nitrogen and oxygen atoms in total. The lowest BCUT2D eigenvalue weighted by molar-refractivity contribution is 0.468. The average Bonchev–Trinajstić information content (AvgIpc) is 2.55. The van der Waals surface area contributed by atoms with Gasteiger partial charge in [0.1, 0.15) is 0 Å². The number of sulfonamides is 1. The van der Waals surface area contributed by atoms with Crippen LogP contribution in [0.2, 0.25) is 0 Å². The summed E-state index contributed by atoms with van der Waals surface area (Å²) < 4.78 is 24.8. The summed E-state index contributed by atoms with van der Waals surface area (Å²) in [5.74, 6) is 0. The zero-order valence-electron chi connectivity index (χ0n) is 7.36. The van der Waals surface area contributed by atoms with Crippen molar-refractivity contribution < 1.29 is 8.42 Å². The molecule has 1 heterocycles. The second kappa shape index (κ2) is 3.72. The molecule has 72 valence electrons. The maximum Gasteiger partial charge on any atom is 0.217 e. The Morgan fingerprint density at radius 2 is 1.92 bits per heavy atom. The standard InChI is InChI=1S/C7H16N2O2S/c1-7(6-8)12(10,11)9-4-2-3-5-9/h7H,2-6,8H2,1H3. The number of nitrogens with zero attached hydrogens (tertiary/aromatic N) is 1. The third-order valence-electron chi connectivity index (χ3n) is 2.27. The zero-order valence-corrected chi connectivity index (χ0v) is 8.18. The molecule has 0 spiro atoms. The van der Waals surface area contributed by atoms with Gasteiger partial charge in [-0.15, -0.1) is 0 Å². The van der Waals surface area contributed by atoms with Gasteiger partial charge in [-0.2, -0.15) is 0 Å². The van der Waals surface area contributed by atoms with Crippen LogP contribution in [-0.4, -0.2) is 37.6 Å². The second-order valence-corrected chi connectivity index (χ2v) is 5.55. The van der Waals surface area contributed by atoms with E-state index in [2.05, 4.69) is 0 Å². The van der Waals surface area contributed by atoms with E-state index in [1.807, 2.05) is 0 Å². The van der Waals surface area contributed by atoms with Gasteiger partial charge >= 0.3 is 0 Å². The Morgan fingerprint density at radius 1 is 1.42 bits per heavy atom. The van der Waals surface area contributed by atoms with Crippen molar-refractivity contribution in [3.8, 4) is 0 Å². The predicted molar refractivity (Wildman–Crippen MR) is 48.2 cm³/mol. The summed E-state index contributed by atoms with van der Waals surface area (Å²) in [5.41, 5.74) is 5.32. The number of rotatable bonds is 3. The summed E-state index contributed by atoms with van der Waals surface area (Å²) in [4.78, 5) is 0. The Morgan fingerprint density at radius 3 is 2.33 bits per heavy atom. The van der Waals surface area contributed by atoms with Gasteiger partial charge in [0.25, 0.3) is 0 Å². The van der Waals surface area contributed by atoms with Gasteiger partial charge in [-0.3, -0.25) is 0 Å². The molecule has 0 radical (unpaired) electrons. The molecular formula is C7H16N2O2S. The van der Waals surface area contributed by atoms with E-state index in [0.29, 0.717) is 13.1 Å². The molecule has 5 heteroatoms. The monoisotopic (exact) mass is 192 g/mol. The minimum Gasteiger partial charge on any atom is -0.329 e. The fraction of sp³-hybridized carbons (Fsp3) is 1.00. The molecule has 0 amide bonds. The molecule has 0 bridgehead atoms. The molecular weight excluding hydrogens is 176 g/mol. The van der Waals surface area contributed by atoms with E-state index in [1.54, 1.807) is 11.2 Å². The molecule has 0 saturated carbocycles. The Kier molecular flexibility index (Phi) is 3.09. The van der Waals surface area contributed by atoms with Crippen LogP contribution in [0, 0.1) is 0 Å². The zero-order chi connectivity index (χ0) is 9.19. The van der Waals surface area contributed by atoms with Crippen molar-refractivity contribution in [1.82, 2.24) is 4.31 Å². The Labute approximate surface area is 73.8 Å². The van der Waals surface area contributed by atoms with E-state index in [4.69, 9.17) is 5.73 Å². The lowest BCUT2D eigenvalue weighted by atomic mass is 10.4. The van der Waals surface area contributed by atoms with Gasteiger partial charge in [0.15, 0.2) is 0 Å². The molecule has 2 N–H and O–H groups in total. The van der Waals surface area contributed by atoms with Crippen molar-refractivity contribution in [1.29, 1.82) is 0 Å². The van der Waals surface area contributed by atoms with Gasteiger partial charge in [-0.1, -0.05) is 0 Å². The number of nitrogens with two attached hydrogens (primary N) is 1. The first kappa shape index (κ1) is 9.95. The van der Waals surface area contributed by atoms with E-state index < -0.39 is 15.3 Å². The highest BCUT2D eigenvalue weighted by Crippen LogP contribution is 2.15. The van der Waals surface area contributed by atoms with E-state index in [0.717, 1.165) is 12.8 Å². The highest BCUT2D eigenvalue weighted by atomic mass is 32.2. The van der Waals surface area contributed by atoms with Crippen LogP contribution in [-0.2, 0) is 10.0 Å². The van der Waals surface area contributed by atoms with Crippen molar-refractivity contribution in [3.63, 3.8) is 0 Å². The van der Waals surface area contributed by atoms with Crippen LogP contribution in [0.15, 0.2) is 0 Å². The van der Waals surface area contributed by atoms with Crippen LogP contribution >= 0.6 is 0 Å². The molecule has 1 fully saturated rings. The normalized spacial score (nSPS) is 22.8. The summed E-state index contributed by atoms with van der Waals surface area (Å²) >= 11 is 0. The average molecular weight is 192 g/mol. The van der Waals surface area contributed by atoms with Crippen molar-refractivity contribution >= 4 is 10.0 Å². The van der Waals surface area contributed by atoms with Gasteiger partial charge in [-0.25, -0.2) is 12.7 Å². The highest BCUT2D eigenvalue weighted by molar-refractivity contribution is 7.89. The highest BCUT2D eigenvalue weighted by Gasteiger charge is 2.29. The maximum absolute atomic E-state index is 11.6. The second-order valence-electron chi connectivity index (χ2n) is 3.20. The smallest absolute Gasteiger partial charge is 0.217 e. The lowest BCUT2D eigenvalue weighted by Gasteiger charge is -2.19. The third kappa shape index (κ3) is 1.78. The summed E-state index contributed by atoms with van der Waals surface area (Å²) in [7, 11) is -3.08. The minimum atomic E-state index is -3.08. The first-order valence-electron chi connectivity index (χ1n) is 4.28. The molecule has 1 rings (SSSR count). The predicted octanol–water partition coefficient (Wildman–Crippen LogP) is -0.241. The van der Waals surface area contributed by atoms with Crippen LogP contribution in [0.3, 0.4) is 0 Å². The van der Waals surface area contributed by atoms with Crippen molar-refractivity contribution in [3.05, 3.63) is 0 Å². The van der Waals surface area contributed by atoms with E-state index in [1.165, 1.54) is 0 Å². The molecule has 0 aliphatic carbocycles. The molecule has 0 aromatic heterocycles. The summed E-state index contributed by atoms with van der Waals surface area (Å²) in [6.45, 7) is 3.21. The third-order valence-corrected chi connectivity index (χ3v) is 4.56. The molecule has 1 aliphatic rings. The van der Waals surface area contributed by atoms with Crippen molar-refractivity contribution in [2.24, 2.45) is 5.73 Å². The Balaban J connectivity index is 2.70. The molecule has 1 aliphatic heterocycles. The van der Waals surface area contributed by atoms with Gasteiger partial charge < -0.3 is 5.73 Å². The van der Waals surface area contributed by atoms with Gasteiger partial charge in [0, 0.05) is 19.6 Å². The first-order valence-corrected chi connectivity index (χ1v) is 5.78. The van der Waals surface area contributed by atoms with Crippen LogP contribution in [0.5, 0.6) is 0 Å².